The van der Waals surface area contributed by atoms with Gasteiger partial charge in [0, 0.05) is 30.9 Å². The minimum atomic E-state index is -0.250. The Bertz CT molecular complexity index is 1000. The highest BCUT2D eigenvalue weighted by Crippen LogP contribution is 2.17. The van der Waals surface area contributed by atoms with Gasteiger partial charge in [0.1, 0.15) is 5.70 Å². The third-order valence-corrected chi connectivity index (χ3v) is 3.59. The normalized spacial score (nSPS) is 15.6. The Kier molecular flexibility index (Phi) is 3.31. The van der Waals surface area contributed by atoms with Gasteiger partial charge in [-0.2, -0.15) is 5.10 Å². The van der Waals surface area contributed by atoms with Gasteiger partial charge in [-0.3, -0.25) is 19.8 Å². The van der Waals surface area contributed by atoms with Crippen molar-refractivity contribution in [2.24, 2.45) is 12.0 Å². The highest BCUT2D eigenvalue weighted by atomic mass is 16.2. The first-order valence-corrected chi connectivity index (χ1v) is 7.40. The van der Waals surface area contributed by atoms with Gasteiger partial charge in [-0.25, -0.2) is 4.99 Å². The third-order valence-electron chi connectivity index (χ3n) is 3.59. The minimum Gasteiger partial charge on any atom is -0.309 e. The second kappa shape index (κ2) is 5.62. The van der Waals surface area contributed by atoms with Gasteiger partial charge >= 0.3 is 0 Å². The largest absolute Gasteiger partial charge is 0.309 e. The van der Waals surface area contributed by atoms with Gasteiger partial charge in [0.15, 0.2) is 5.82 Å². The highest BCUT2D eigenvalue weighted by Gasteiger charge is 2.20. The molecule has 0 aliphatic carbocycles. The van der Waals surface area contributed by atoms with Gasteiger partial charge in [-0.15, -0.1) is 0 Å². The number of nitrogens with one attached hydrogen (secondary N) is 2. The predicted octanol–water partition coefficient (Wildman–Crippen LogP) is 1.91. The molecule has 2 aromatic heterocycles. The van der Waals surface area contributed by atoms with Gasteiger partial charge < -0.3 is 5.32 Å². The Labute approximate surface area is 137 Å². The number of guanidine groups is 1. The van der Waals surface area contributed by atoms with Crippen molar-refractivity contribution in [2.45, 2.75) is 0 Å². The zero-order chi connectivity index (χ0) is 16.5. The van der Waals surface area contributed by atoms with Gasteiger partial charge in [-0.1, -0.05) is 12.1 Å². The van der Waals surface area contributed by atoms with E-state index in [2.05, 4.69) is 25.7 Å². The number of nitrogens with zero attached hydrogens (tertiary/aromatic N) is 4. The molecule has 7 nitrogen and oxygen atoms in total. The van der Waals surface area contributed by atoms with E-state index in [0.717, 1.165) is 16.5 Å². The molecular weight excluding hydrogens is 304 g/mol. The molecule has 7 heteroatoms. The molecule has 0 saturated heterocycles. The number of fused-ring (bicyclic) bond motifs is 1. The van der Waals surface area contributed by atoms with Crippen molar-refractivity contribution < 1.29 is 4.79 Å². The topological polar surface area (TPSA) is 84.2 Å². The van der Waals surface area contributed by atoms with Crippen LogP contribution in [0.3, 0.4) is 0 Å². The van der Waals surface area contributed by atoms with Crippen LogP contribution in [0, 0.1) is 0 Å². The lowest BCUT2D eigenvalue weighted by Gasteiger charge is -1.99. The number of hydrogen-bond donors (Lipinski definition) is 2. The number of aliphatic imine (C=N–C) groups is 1. The van der Waals surface area contributed by atoms with Crippen LogP contribution in [0.2, 0.25) is 0 Å². The SMILES string of the molecule is Cn1ccc(NC2=N/C(=C\c3ccc4ncccc4c3)C(=O)N2)n1. The molecule has 3 heterocycles. The van der Waals surface area contributed by atoms with Crippen LogP contribution in [0.1, 0.15) is 5.56 Å². The molecule has 118 valence electrons. The fourth-order valence-corrected chi connectivity index (χ4v) is 2.47. The molecule has 0 atom stereocenters. The molecular formula is C17H14N6O. The van der Waals surface area contributed by atoms with E-state index in [1.54, 1.807) is 29.2 Å². The van der Waals surface area contributed by atoms with Crippen LogP contribution < -0.4 is 10.6 Å². The molecule has 0 radical (unpaired) electrons. The van der Waals surface area contributed by atoms with Crippen molar-refractivity contribution >= 4 is 34.7 Å². The summed E-state index contributed by atoms with van der Waals surface area (Å²) in [6.45, 7) is 0. The van der Waals surface area contributed by atoms with Crippen molar-refractivity contribution in [1.29, 1.82) is 0 Å². The molecule has 24 heavy (non-hydrogen) atoms. The summed E-state index contributed by atoms with van der Waals surface area (Å²) in [7, 11) is 1.82. The van der Waals surface area contributed by atoms with E-state index < -0.39 is 0 Å². The summed E-state index contributed by atoms with van der Waals surface area (Å²) in [4.78, 5) is 20.6. The fourth-order valence-electron chi connectivity index (χ4n) is 2.47. The summed E-state index contributed by atoms with van der Waals surface area (Å²) in [6, 6.07) is 11.5. The molecule has 2 N–H and O–H groups in total. The monoisotopic (exact) mass is 318 g/mol. The maximum Gasteiger partial charge on any atom is 0.276 e. The zero-order valence-corrected chi connectivity index (χ0v) is 12.9. The number of carbonyl (C=O) groups excluding carboxylic acids is 1. The van der Waals surface area contributed by atoms with Crippen LogP contribution in [0.4, 0.5) is 5.82 Å². The number of aromatic nitrogens is 3. The minimum absolute atomic E-state index is 0.250. The number of amides is 1. The van der Waals surface area contributed by atoms with Crippen molar-refractivity contribution in [2.75, 3.05) is 5.32 Å². The standard InChI is InChI=1S/C17H14N6O/c1-23-8-6-15(22-23)20-17-19-14(16(24)21-17)10-11-4-5-13-12(9-11)3-2-7-18-13/h2-10H,1H3,(H2,19,20,21,22,24)/b14-10-. The Balaban J connectivity index is 1.61. The zero-order valence-electron chi connectivity index (χ0n) is 12.9. The summed E-state index contributed by atoms with van der Waals surface area (Å²) < 4.78 is 1.67. The lowest BCUT2D eigenvalue weighted by atomic mass is 10.1. The summed E-state index contributed by atoms with van der Waals surface area (Å²) in [5.74, 6) is 0.738. The van der Waals surface area contributed by atoms with Crippen LogP contribution in [0.5, 0.6) is 0 Å². The smallest absolute Gasteiger partial charge is 0.276 e. The van der Waals surface area contributed by atoms with Crippen molar-refractivity contribution in [1.82, 2.24) is 20.1 Å². The summed E-state index contributed by atoms with van der Waals surface area (Å²) in [5.41, 5.74) is 2.15. The van der Waals surface area contributed by atoms with Crippen LogP contribution in [0.25, 0.3) is 17.0 Å². The number of benzene rings is 1. The first kappa shape index (κ1) is 14.1. The fraction of sp³-hybridized carbons (Fsp3) is 0.0588. The number of pyridine rings is 1. The molecule has 1 aromatic carbocycles. The number of aryl methyl sites for hydroxylation is 1. The second-order valence-corrected chi connectivity index (χ2v) is 5.40. The highest BCUT2D eigenvalue weighted by molar-refractivity contribution is 6.17. The van der Waals surface area contributed by atoms with Gasteiger partial charge in [0.25, 0.3) is 5.91 Å². The van der Waals surface area contributed by atoms with Crippen molar-refractivity contribution in [3.63, 3.8) is 0 Å². The number of hydrogen-bond acceptors (Lipinski definition) is 5. The molecule has 3 aromatic rings. The summed E-state index contributed by atoms with van der Waals surface area (Å²) in [5, 5.41) is 10.9. The van der Waals surface area contributed by atoms with Crippen LogP contribution >= 0.6 is 0 Å². The van der Waals surface area contributed by atoms with E-state index in [4.69, 9.17) is 0 Å². The van der Waals surface area contributed by atoms with E-state index in [9.17, 15) is 4.79 Å². The first-order chi connectivity index (χ1) is 11.7. The lowest BCUT2D eigenvalue weighted by Crippen LogP contribution is -2.30. The summed E-state index contributed by atoms with van der Waals surface area (Å²) >= 11 is 0. The molecule has 1 aliphatic heterocycles. The number of rotatable bonds is 2. The molecule has 1 aliphatic rings. The molecule has 0 bridgehead atoms. The molecule has 1 amide bonds. The van der Waals surface area contributed by atoms with Crippen LogP contribution in [0.15, 0.2) is 59.5 Å². The molecule has 0 spiro atoms. The Hall–Kier alpha value is -3.48. The van der Waals surface area contributed by atoms with Crippen molar-refractivity contribution in [3.8, 4) is 0 Å². The predicted molar refractivity (Wildman–Crippen MR) is 92.1 cm³/mol. The molecule has 0 saturated carbocycles. The molecule has 0 fully saturated rings. The van der Waals surface area contributed by atoms with E-state index >= 15 is 0 Å². The Morgan fingerprint density at radius 3 is 3.00 bits per heavy atom. The van der Waals surface area contributed by atoms with E-state index in [0.29, 0.717) is 17.5 Å². The van der Waals surface area contributed by atoms with E-state index in [1.807, 2.05) is 37.4 Å². The van der Waals surface area contributed by atoms with E-state index in [-0.39, 0.29) is 5.91 Å². The lowest BCUT2D eigenvalue weighted by molar-refractivity contribution is -0.115. The Morgan fingerprint density at radius 1 is 1.25 bits per heavy atom. The molecule has 4 rings (SSSR count). The average molecular weight is 318 g/mol. The summed E-state index contributed by atoms with van der Waals surface area (Å²) in [6.07, 6.45) is 5.30. The van der Waals surface area contributed by atoms with Crippen LogP contribution in [-0.4, -0.2) is 26.6 Å². The van der Waals surface area contributed by atoms with Crippen molar-refractivity contribution in [3.05, 3.63) is 60.1 Å². The molecule has 0 unspecified atom stereocenters. The maximum atomic E-state index is 12.1. The number of carbonyl (C=O) groups is 1. The van der Waals surface area contributed by atoms with E-state index in [1.165, 1.54) is 0 Å². The Morgan fingerprint density at radius 2 is 2.17 bits per heavy atom. The quantitative estimate of drug-likeness (QED) is 0.707. The van der Waals surface area contributed by atoms with Gasteiger partial charge in [0.2, 0.25) is 5.96 Å². The third kappa shape index (κ3) is 2.74. The first-order valence-electron chi connectivity index (χ1n) is 7.40. The van der Waals surface area contributed by atoms with Gasteiger partial charge in [-0.05, 0) is 29.8 Å². The van der Waals surface area contributed by atoms with Gasteiger partial charge in [0.05, 0.1) is 5.52 Å². The number of anilines is 1. The average Bonchev–Trinajstić information content (AvgIpc) is 3.13. The maximum absolute atomic E-state index is 12.1. The second-order valence-electron chi connectivity index (χ2n) is 5.40. The van der Waals surface area contributed by atoms with Crippen LogP contribution in [-0.2, 0) is 11.8 Å².